The molecule has 31 heavy (non-hydrogen) atoms. The van der Waals surface area contributed by atoms with Gasteiger partial charge in [0.25, 0.3) is 5.91 Å². The van der Waals surface area contributed by atoms with Crippen LogP contribution >= 0.6 is 0 Å². The van der Waals surface area contributed by atoms with E-state index in [1.165, 1.54) is 0 Å². The molecule has 0 radical (unpaired) electrons. The summed E-state index contributed by atoms with van der Waals surface area (Å²) >= 11 is 0. The Labute approximate surface area is 181 Å². The van der Waals surface area contributed by atoms with Crippen LogP contribution in [0.4, 0.5) is 4.79 Å². The molecule has 1 aliphatic heterocycles. The van der Waals surface area contributed by atoms with Gasteiger partial charge in [-0.05, 0) is 48.7 Å². The van der Waals surface area contributed by atoms with Crippen molar-refractivity contribution in [3.8, 4) is 11.5 Å². The third kappa shape index (κ3) is 4.63. The summed E-state index contributed by atoms with van der Waals surface area (Å²) in [5.74, 6) is 0.181. The minimum Gasteiger partial charge on any atom is -0.496 e. The summed E-state index contributed by atoms with van der Waals surface area (Å²) in [5.41, 5.74) is 0.245. The molecule has 3 rings (SSSR count). The van der Waals surface area contributed by atoms with E-state index in [9.17, 15) is 14.4 Å². The second kappa shape index (κ2) is 9.51. The van der Waals surface area contributed by atoms with Gasteiger partial charge in [0.1, 0.15) is 36.8 Å². The highest BCUT2D eigenvalue weighted by atomic mass is 16.6. The van der Waals surface area contributed by atoms with Gasteiger partial charge in [-0.25, -0.2) is 4.79 Å². The van der Waals surface area contributed by atoms with Crippen molar-refractivity contribution in [3.63, 3.8) is 0 Å². The van der Waals surface area contributed by atoms with Gasteiger partial charge in [-0.1, -0.05) is 31.2 Å². The molecule has 1 saturated heterocycles. The minimum absolute atomic E-state index is 0.00791. The van der Waals surface area contributed by atoms with Gasteiger partial charge in [-0.2, -0.15) is 0 Å². The summed E-state index contributed by atoms with van der Waals surface area (Å²) in [6.45, 7) is 3.38. The van der Waals surface area contributed by atoms with Crippen LogP contribution in [0, 0.1) is 6.92 Å². The number of ether oxygens (including phenoxy) is 3. The Hall–Kier alpha value is -3.55. The van der Waals surface area contributed by atoms with Crippen molar-refractivity contribution in [2.45, 2.75) is 25.8 Å². The van der Waals surface area contributed by atoms with E-state index in [1.54, 1.807) is 38.3 Å². The van der Waals surface area contributed by atoms with Gasteiger partial charge in [-0.3, -0.25) is 14.5 Å². The summed E-state index contributed by atoms with van der Waals surface area (Å²) in [7, 11) is 1.57. The predicted molar refractivity (Wildman–Crippen MR) is 113 cm³/mol. The van der Waals surface area contributed by atoms with E-state index in [1.807, 2.05) is 31.2 Å². The smallest absolute Gasteiger partial charge is 0.326 e. The zero-order valence-corrected chi connectivity index (χ0v) is 17.8. The number of amides is 3. The van der Waals surface area contributed by atoms with Crippen LogP contribution in [0.1, 0.15) is 24.5 Å². The van der Waals surface area contributed by atoms with E-state index >= 15 is 0 Å². The number of esters is 1. The number of imide groups is 1. The van der Waals surface area contributed by atoms with Gasteiger partial charge in [0.2, 0.25) is 0 Å². The van der Waals surface area contributed by atoms with Crippen molar-refractivity contribution in [1.29, 1.82) is 0 Å². The highest BCUT2D eigenvalue weighted by Crippen LogP contribution is 2.34. The van der Waals surface area contributed by atoms with Gasteiger partial charge in [0.15, 0.2) is 0 Å². The first kappa shape index (κ1) is 22.1. The highest BCUT2D eigenvalue weighted by molar-refractivity contribution is 6.09. The molecule has 8 heteroatoms. The van der Waals surface area contributed by atoms with Crippen LogP contribution in [0.5, 0.6) is 11.5 Å². The Bertz CT molecular complexity index is 962. The lowest BCUT2D eigenvalue weighted by Crippen LogP contribution is -2.44. The second-order valence-corrected chi connectivity index (χ2v) is 7.15. The van der Waals surface area contributed by atoms with Gasteiger partial charge in [0.05, 0.1) is 7.11 Å². The Morgan fingerprint density at radius 1 is 1.10 bits per heavy atom. The number of hydrogen-bond donors (Lipinski definition) is 1. The van der Waals surface area contributed by atoms with E-state index in [4.69, 9.17) is 14.2 Å². The molecular weight excluding hydrogens is 400 g/mol. The maximum Gasteiger partial charge on any atom is 0.326 e. The summed E-state index contributed by atoms with van der Waals surface area (Å²) in [6, 6.07) is 13.8. The normalized spacial score (nSPS) is 18.0. The molecule has 1 N–H and O–H groups in total. The molecule has 0 spiro atoms. The first-order valence-electron chi connectivity index (χ1n) is 10.0. The molecule has 0 aliphatic carbocycles. The Morgan fingerprint density at radius 3 is 2.48 bits per heavy atom. The van der Waals surface area contributed by atoms with E-state index in [-0.39, 0.29) is 13.2 Å². The molecule has 0 bridgehead atoms. The van der Waals surface area contributed by atoms with Crippen molar-refractivity contribution in [1.82, 2.24) is 10.2 Å². The monoisotopic (exact) mass is 426 g/mol. The molecule has 0 saturated carbocycles. The number of hydrogen-bond acceptors (Lipinski definition) is 6. The van der Waals surface area contributed by atoms with Crippen LogP contribution in [-0.4, -0.2) is 49.7 Å². The lowest BCUT2D eigenvalue weighted by Gasteiger charge is -2.26. The lowest BCUT2D eigenvalue weighted by molar-refractivity contribution is -0.148. The SMILES string of the molecule is CCC1(c2ccc(OC)c(C)c2)NC(=O)N(CC(=O)OCCOc2ccccc2)C1=O. The fourth-order valence-corrected chi connectivity index (χ4v) is 3.56. The minimum atomic E-state index is -1.23. The Morgan fingerprint density at radius 2 is 1.84 bits per heavy atom. The van der Waals surface area contributed by atoms with Gasteiger partial charge >= 0.3 is 12.0 Å². The summed E-state index contributed by atoms with van der Waals surface area (Å²) < 4.78 is 15.9. The third-order valence-electron chi connectivity index (χ3n) is 5.24. The standard InChI is InChI=1S/C23H26N2O6/c1-4-23(17-10-11-19(29-3)16(2)14-17)21(27)25(22(28)24-23)15-20(26)31-13-12-30-18-8-6-5-7-9-18/h5-11,14H,4,12-13,15H2,1-3H3,(H,24,28). The van der Waals surface area contributed by atoms with Crippen molar-refractivity contribution in [2.24, 2.45) is 0 Å². The Balaban J connectivity index is 1.62. The van der Waals surface area contributed by atoms with Crippen molar-refractivity contribution in [2.75, 3.05) is 26.9 Å². The van der Waals surface area contributed by atoms with Gasteiger partial charge in [0, 0.05) is 0 Å². The molecule has 1 unspecified atom stereocenters. The first-order chi connectivity index (χ1) is 14.9. The van der Waals surface area contributed by atoms with Crippen LogP contribution in [0.2, 0.25) is 0 Å². The van der Waals surface area contributed by atoms with E-state index in [0.717, 1.165) is 10.5 Å². The van der Waals surface area contributed by atoms with Gasteiger partial charge < -0.3 is 19.5 Å². The molecule has 2 aromatic rings. The Kier molecular flexibility index (Phi) is 6.79. The molecule has 164 valence electrons. The van der Waals surface area contributed by atoms with Crippen LogP contribution < -0.4 is 14.8 Å². The van der Waals surface area contributed by atoms with E-state index in [0.29, 0.717) is 23.5 Å². The number of benzene rings is 2. The zero-order valence-electron chi connectivity index (χ0n) is 17.8. The topological polar surface area (TPSA) is 94.2 Å². The fraction of sp³-hybridized carbons (Fsp3) is 0.348. The number of nitrogens with one attached hydrogen (secondary N) is 1. The molecule has 2 aromatic carbocycles. The van der Waals surface area contributed by atoms with Crippen molar-refractivity contribution in [3.05, 3.63) is 59.7 Å². The summed E-state index contributed by atoms with van der Waals surface area (Å²) in [6.07, 6.45) is 0.333. The average Bonchev–Trinajstić information content (AvgIpc) is 3.02. The third-order valence-corrected chi connectivity index (χ3v) is 5.24. The first-order valence-corrected chi connectivity index (χ1v) is 10.0. The number of carbonyl (C=O) groups is 3. The van der Waals surface area contributed by atoms with Crippen LogP contribution in [-0.2, 0) is 19.9 Å². The largest absolute Gasteiger partial charge is 0.496 e. The molecule has 1 heterocycles. The van der Waals surface area contributed by atoms with Gasteiger partial charge in [-0.15, -0.1) is 0 Å². The average molecular weight is 426 g/mol. The fourth-order valence-electron chi connectivity index (χ4n) is 3.56. The zero-order chi connectivity index (χ0) is 22.4. The number of rotatable bonds is 9. The molecule has 1 fully saturated rings. The number of nitrogens with zero attached hydrogens (tertiary/aromatic N) is 1. The number of urea groups is 1. The van der Waals surface area contributed by atoms with Crippen LogP contribution in [0.25, 0.3) is 0 Å². The van der Waals surface area contributed by atoms with E-state index in [2.05, 4.69) is 5.32 Å². The second-order valence-electron chi connectivity index (χ2n) is 7.15. The van der Waals surface area contributed by atoms with Crippen molar-refractivity contribution >= 4 is 17.9 Å². The number of methoxy groups -OCH3 is 1. The lowest BCUT2D eigenvalue weighted by atomic mass is 9.86. The molecular formula is C23H26N2O6. The molecule has 1 aliphatic rings. The highest BCUT2D eigenvalue weighted by Gasteiger charge is 2.51. The summed E-state index contributed by atoms with van der Waals surface area (Å²) in [4.78, 5) is 38.8. The number of carbonyl (C=O) groups excluding carboxylic acids is 3. The maximum atomic E-state index is 13.2. The molecule has 3 amide bonds. The number of para-hydroxylation sites is 1. The predicted octanol–water partition coefficient (Wildman–Crippen LogP) is 2.78. The number of aryl methyl sites for hydroxylation is 1. The quantitative estimate of drug-likeness (QED) is 0.376. The summed E-state index contributed by atoms with van der Waals surface area (Å²) in [5, 5.41) is 2.76. The van der Waals surface area contributed by atoms with E-state index < -0.39 is 30.0 Å². The van der Waals surface area contributed by atoms with Crippen LogP contribution in [0.3, 0.4) is 0 Å². The molecule has 0 aromatic heterocycles. The van der Waals surface area contributed by atoms with Crippen LogP contribution in [0.15, 0.2) is 48.5 Å². The molecule has 1 atom stereocenters. The maximum absolute atomic E-state index is 13.2. The van der Waals surface area contributed by atoms with Crippen molar-refractivity contribution < 1.29 is 28.6 Å². The molecule has 8 nitrogen and oxygen atoms in total.